The highest BCUT2D eigenvalue weighted by Gasteiger charge is 2.43. The molecule has 0 N–H and O–H groups in total. The molecule has 0 aromatic heterocycles. The Bertz CT molecular complexity index is 567. The second kappa shape index (κ2) is 7.03. The Morgan fingerprint density at radius 2 is 1.68 bits per heavy atom. The summed E-state index contributed by atoms with van der Waals surface area (Å²) in [5.74, 6) is 1.44. The molecule has 0 amide bonds. The molecule has 0 heterocycles. The molecule has 1 aliphatic rings. The van der Waals surface area contributed by atoms with Crippen LogP contribution in [0.3, 0.4) is 0 Å². The monoisotopic (exact) mass is 324 g/mol. The third-order valence-electron chi connectivity index (χ3n) is 4.72. The number of rotatable bonds is 6. The maximum absolute atomic E-state index is 12.4. The molecule has 0 unspecified atom stereocenters. The maximum atomic E-state index is 12.4. The van der Waals surface area contributed by atoms with Crippen LogP contribution in [-0.4, -0.2) is 21.3 Å². The molecule has 1 saturated carbocycles. The average molecular weight is 324 g/mol. The third kappa shape index (κ3) is 3.83. The molecule has 3 nitrogen and oxygen atoms in total. The summed E-state index contributed by atoms with van der Waals surface area (Å²) in [6, 6.07) is 7.71. The van der Waals surface area contributed by atoms with Crippen molar-refractivity contribution in [3.63, 3.8) is 0 Å². The van der Waals surface area contributed by atoms with Gasteiger partial charge in [-0.25, -0.2) is 8.42 Å². The van der Waals surface area contributed by atoms with Gasteiger partial charge in [0.05, 0.1) is 11.4 Å². The number of hydrogen-bond donors (Lipinski definition) is 0. The first-order valence-corrected chi connectivity index (χ1v) is 10.2. The molecule has 1 aliphatic carbocycles. The first kappa shape index (κ1) is 17.3. The summed E-state index contributed by atoms with van der Waals surface area (Å²) in [4.78, 5) is 0. The Hall–Kier alpha value is -1.03. The Kier molecular flexibility index (Phi) is 5.54. The lowest BCUT2D eigenvalue weighted by molar-refractivity contribution is 0.289. The smallest absolute Gasteiger partial charge is 0.157 e. The topological polar surface area (TPSA) is 43.4 Å². The zero-order chi connectivity index (χ0) is 16.2. The van der Waals surface area contributed by atoms with Crippen LogP contribution >= 0.6 is 0 Å². The predicted molar refractivity (Wildman–Crippen MR) is 91.0 cm³/mol. The second-order valence-corrected chi connectivity index (χ2v) is 9.21. The minimum absolute atomic E-state index is 0.620. The van der Waals surface area contributed by atoms with E-state index in [0.717, 1.165) is 49.8 Å². The van der Waals surface area contributed by atoms with E-state index in [-0.39, 0.29) is 0 Å². The maximum Gasteiger partial charge on any atom is 0.157 e. The second-order valence-electron chi connectivity index (χ2n) is 6.88. The SMILES string of the molecule is CC(C)CCOc1ccc(C2(S(C)(=O)=O)CCCCC2)cc1. The van der Waals surface area contributed by atoms with Crippen molar-refractivity contribution in [1.82, 2.24) is 0 Å². The lowest BCUT2D eigenvalue weighted by atomic mass is 9.83. The predicted octanol–water partition coefficient (Wildman–Crippen LogP) is 4.32. The van der Waals surface area contributed by atoms with Crippen molar-refractivity contribution in [1.29, 1.82) is 0 Å². The van der Waals surface area contributed by atoms with Gasteiger partial charge in [-0.15, -0.1) is 0 Å². The minimum Gasteiger partial charge on any atom is -0.494 e. The average Bonchev–Trinajstić information content (AvgIpc) is 2.47. The molecule has 0 spiro atoms. The van der Waals surface area contributed by atoms with Crippen LogP contribution in [0, 0.1) is 5.92 Å². The molecule has 4 heteroatoms. The fourth-order valence-electron chi connectivity index (χ4n) is 3.26. The van der Waals surface area contributed by atoms with Gasteiger partial charge in [0.2, 0.25) is 0 Å². The van der Waals surface area contributed by atoms with Gasteiger partial charge >= 0.3 is 0 Å². The van der Waals surface area contributed by atoms with Gasteiger partial charge < -0.3 is 4.74 Å². The normalized spacial score (nSPS) is 18.4. The van der Waals surface area contributed by atoms with E-state index in [2.05, 4.69) is 13.8 Å². The summed E-state index contributed by atoms with van der Waals surface area (Å²) in [7, 11) is -3.12. The molecular weight excluding hydrogens is 296 g/mol. The Balaban J connectivity index is 2.16. The summed E-state index contributed by atoms with van der Waals surface area (Å²) >= 11 is 0. The van der Waals surface area contributed by atoms with Gasteiger partial charge in [-0.1, -0.05) is 45.2 Å². The van der Waals surface area contributed by atoms with Gasteiger partial charge in [-0.05, 0) is 42.9 Å². The Morgan fingerprint density at radius 1 is 1.09 bits per heavy atom. The van der Waals surface area contributed by atoms with Crippen LogP contribution in [0.1, 0.15) is 57.9 Å². The summed E-state index contributed by atoms with van der Waals surface area (Å²) in [5.41, 5.74) is 0.922. The number of hydrogen-bond acceptors (Lipinski definition) is 3. The quantitative estimate of drug-likeness (QED) is 0.783. The number of ether oxygens (including phenoxy) is 1. The van der Waals surface area contributed by atoms with E-state index in [4.69, 9.17) is 4.74 Å². The van der Waals surface area contributed by atoms with Gasteiger partial charge in [0.25, 0.3) is 0 Å². The molecule has 124 valence electrons. The molecule has 2 rings (SSSR count). The van der Waals surface area contributed by atoms with E-state index in [1.807, 2.05) is 24.3 Å². The van der Waals surface area contributed by atoms with Crippen molar-refractivity contribution < 1.29 is 13.2 Å². The van der Waals surface area contributed by atoms with E-state index in [0.29, 0.717) is 12.5 Å². The van der Waals surface area contributed by atoms with Gasteiger partial charge in [-0.2, -0.15) is 0 Å². The number of benzene rings is 1. The molecule has 0 bridgehead atoms. The van der Waals surface area contributed by atoms with Gasteiger partial charge in [0, 0.05) is 6.26 Å². The summed E-state index contributed by atoms with van der Waals surface area (Å²) in [6.45, 7) is 5.05. The van der Waals surface area contributed by atoms with Crippen molar-refractivity contribution in [3.8, 4) is 5.75 Å². The van der Waals surface area contributed by atoms with Crippen molar-refractivity contribution in [3.05, 3.63) is 29.8 Å². The van der Waals surface area contributed by atoms with Crippen LogP contribution in [0.4, 0.5) is 0 Å². The first-order chi connectivity index (χ1) is 10.3. The van der Waals surface area contributed by atoms with E-state index in [1.54, 1.807) is 0 Å². The third-order valence-corrected chi connectivity index (χ3v) is 6.78. The zero-order valence-electron chi connectivity index (χ0n) is 14.0. The van der Waals surface area contributed by atoms with Crippen molar-refractivity contribution in [2.45, 2.75) is 57.1 Å². The Morgan fingerprint density at radius 3 is 2.18 bits per heavy atom. The molecule has 0 radical (unpaired) electrons. The van der Waals surface area contributed by atoms with Crippen LogP contribution < -0.4 is 4.74 Å². The highest BCUT2D eigenvalue weighted by atomic mass is 32.2. The van der Waals surface area contributed by atoms with Crippen LogP contribution in [-0.2, 0) is 14.6 Å². The van der Waals surface area contributed by atoms with Crippen molar-refractivity contribution in [2.24, 2.45) is 5.92 Å². The van der Waals surface area contributed by atoms with Crippen molar-refractivity contribution in [2.75, 3.05) is 12.9 Å². The fraction of sp³-hybridized carbons (Fsp3) is 0.667. The van der Waals surface area contributed by atoms with E-state index >= 15 is 0 Å². The van der Waals surface area contributed by atoms with Gasteiger partial charge in [0.15, 0.2) is 9.84 Å². The molecular formula is C18H28O3S. The fourth-order valence-corrected chi connectivity index (χ4v) is 4.86. The summed E-state index contributed by atoms with van der Waals surface area (Å²) in [5, 5.41) is 0. The molecule has 0 saturated heterocycles. The molecule has 1 aromatic rings. The zero-order valence-corrected chi connectivity index (χ0v) is 14.8. The van der Waals surface area contributed by atoms with Gasteiger partial charge in [-0.3, -0.25) is 0 Å². The van der Waals surface area contributed by atoms with Crippen LogP contribution in [0.25, 0.3) is 0 Å². The number of sulfone groups is 1. The van der Waals surface area contributed by atoms with E-state index in [9.17, 15) is 8.42 Å². The Labute approximate surface area is 135 Å². The molecule has 0 aliphatic heterocycles. The molecule has 1 fully saturated rings. The molecule has 22 heavy (non-hydrogen) atoms. The summed E-state index contributed by atoms with van der Waals surface area (Å²) in [6.07, 6.45) is 6.98. The highest BCUT2D eigenvalue weighted by Crippen LogP contribution is 2.43. The lowest BCUT2D eigenvalue weighted by Crippen LogP contribution is -2.37. The first-order valence-electron chi connectivity index (χ1n) is 8.28. The molecule has 0 atom stereocenters. The largest absolute Gasteiger partial charge is 0.494 e. The van der Waals surface area contributed by atoms with Crippen LogP contribution in [0.5, 0.6) is 5.75 Å². The van der Waals surface area contributed by atoms with Gasteiger partial charge in [0.1, 0.15) is 5.75 Å². The van der Waals surface area contributed by atoms with E-state index < -0.39 is 14.6 Å². The molecule has 1 aromatic carbocycles. The van der Waals surface area contributed by atoms with Crippen molar-refractivity contribution >= 4 is 9.84 Å². The highest BCUT2D eigenvalue weighted by molar-refractivity contribution is 7.91. The van der Waals surface area contributed by atoms with E-state index in [1.165, 1.54) is 6.26 Å². The summed E-state index contributed by atoms with van der Waals surface area (Å²) < 4.78 is 29.9. The van der Waals surface area contributed by atoms with Crippen LogP contribution in [0.15, 0.2) is 24.3 Å². The van der Waals surface area contributed by atoms with Crippen LogP contribution in [0.2, 0.25) is 0 Å². The lowest BCUT2D eigenvalue weighted by Gasteiger charge is -2.36. The minimum atomic E-state index is -3.12. The standard InChI is InChI=1S/C18H28O3S/c1-15(2)11-14-21-17-9-7-16(8-10-17)18(22(3,19)20)12-5-4-6-13-18/h7-10,15H,4-6,11-14H2,1-3H3.